The van der Waals surface area contributed by atoms with Crippen LogP contribution < -0.4 is 15.8 Å². The molecular weight excluding hydrogens is 272 g/mol. The first kappa shape index (κ1) is 15.7. The van der Waals surface area contributed by atoms with Gasteiger partial charge in [-0.15, -0.1) is 0 Å². The van der Waals surface area contributed by atoms with E-state index in [0.717, 1.165) is 18.2 Å². The fourth-order valence-corrected chi connectivity index (χ4v) is 3.68. The number of benzene rings is 1. The lowest BCUT2D eigenvalue weighted by Crippen LogP contribution is -2.29. The van der Waals surface area contributed by atoms with Crippen molar-refractivity contribution < 1.29 is 4.74 Å². The van der Waals surface area contributed by atoms with Crippen LogP contribution in [0.5, 0.6) is 5.75 Å². The molecule has 0 heterocycles. The normalized spacial score (nSPS) is 26.6. The third-order valence-corrected chi connectivity index (χ3v) is 5.20. The molecule has 0 amide bonds. The largest absolute Gasteiger partial charge is 0.490 e. The van der Waals surface area contributed by atoms with Crippen LogP contribution >= 0.6 is 0 Å². The predicted molar refractivity (Wildman–Crippen MR) is 92.4 cm³/mol. The Morgan fingerprint density at radius 3 is 2.27 bits per heavy atom. The first-order valence-corrected chi connectivity index (χ1v) is 9.06. The van der Waals surface area contributed by atoms with E-state index in [-0.39, 0.29) is 0 Å². The van der Waals surface area contributed by atoms with Crippen LogP contribution in [-0.2, 0) is 0 Å². The molecular formula is C19H30N2O. The Morgan fingerprint density at radius 1 is 0.909 bits per heavy atom. The number of rotatable bonds is 5. The molecule has 0 unspecified atom stereocenters. The van der Waals surface area contributed by atoms with Gasteiger partial charge in [-0.2, -0.15) is 0 Å². The molecule has 0 saturated heterocycles. The van der Waals surface area contributed by atoms with Gasteiger partial charge in [-0.25, -0.2) is 0 Å². The second-order valence-corrected chi connectivity index (χ2v) is 7.06. The summed E-state index contributed by atoms with van der Waals surface area (Å²) in [7, 11) is 0. The van der Waals surface area contributed by atoms with Gasteiger partial charge in [0.1, 0.15) is 5.75 Å². The smallest absolute Gasteiger partial charge is 0.119 e. The van der Waals surface area contributed by atoms with E-state index >= 15 is 0 Å². The fraction of sp³-hybridized carbons (Fsp3) is 0.684. The van der Waals surface area contributed by atoms with Crippen molar-refractivity contribution in [2.45, 2.75) is 69.9 Å². The Kier molecular flexibility index (Phi) is 5.60. The molecule has 1 aromatic rings. The van der Waals surface area contributed by atoms with Crippen molar-refractivity contribution in [3.8, 4) is 5.75 Å². The third kappa shape index (κ3) is 4.64. The molecule has 0 aromatic heterocycles. The van der Waals surface area contributed by atoms with Crippen LogP contribution in [0.1, 0.15) is 57.8 Å². The van der Waals surface area contributed by atoms with E-state index in [1.54, 1.807) is 0 Å². The molecule has 3 nitrogen and oxygen atoms in total. The number of anilines is 1. The Morgan fingerprint density at radius 2 is 1.59 bits per heavy atom. The van der Waals surface area contributed by atoms with E-state index in [1.165, 1.54) is 63.5 Å². The first-order chi connectivity index (χ1) is 10.8. The molecule has 1 aromatic carbocycles. The zero-order chi connectivity index (χ0) is 15.2. The molecule has 2 fully saturated rings. The van der Waals surface area contributed by atoms with Gasteiger partial charge in [0.15, 0.2) is 0 Å². The molecule has 122 valence electrons. The number of hydrogen-bond donors (Lipinski definition) is 2. The average molecular weight is 302 g/mol. The van der Waals surface area contributed by atoms with Crippen molar-refractivity contribution in [2.24, 2.45) is 11.7 Å². The molecule has 3 heteroatoms. The van der Waals surface area contributed by atoms with Crippen molar-refractivity contribution in [2.75, 3.05) is 11.9 Å². The Bertz CT molecular complexity index is 431. The van der Waals surface area contributed by atoms with Gasteiger partial charge >= 0.3 is 0 Å². The van der Waals surface area contributed by atoms with Gasteiger partial charge in [0.05, 0.1) is 6.10 Å². The number of nitrogens with one attached hydrogen (secondary N) is 1. The molecule has 2 saturated carbocycles. The second kappa shape index (κ2) is 7.87. The molecule has 0 bridgehead atoms. The minimum Gasteiger partial charge on any atom is -0.490 e. The van der Waals surface area contributed by atoms with E-state index < -0.39 is 0 Å². The molecule has 0 aliphatic heterocycles. The van der Waals surface area contributed by atoms with E-state index in [1.807, 2.05) is 0 Å². The highest BCUT2D eigenvalue weighted by Gasteiger charge is 2.18. The Labute approximate surface area is 134 Å². The number of hydrogen-bond acceptors (Lipinski definition) is 3. The lowest BCUT2D eigenvalue weighted by atomic mass is 9.86. The molecule has 3 N–H and O–H groups in total. The van der Waals surface area contributed by atoms with Crippen LogP contribution in [0.4, 0.5) is 5.69 Å². The van der Waals surface area contributed by atoms with Crippen LogP contribution in [0.2, 0.25) is 0 Å². The van der Waals surface area contributed by atoms with Crippen LogP contribution in [0.25, 0.3) is 0 Å². The maximum absolute atomic E-state index is 6.07. The van der Waals surface area contributed by atoms with E-state index in [9.17, 15) is 0 Å². The quantitative estimate of drug-likeness (QED) is 0.851. The maximum atomic E-state index is 6.07. The van der Waals surface area contributed by atoms with Crippen molar-refractivity contribution >= 4 is 5.69 Å². The Balaban J connectivity index is 1.43. The van der Waals surface area contributed by atoms with Crippen molar-refractivity contribution in [1.82, 2.24) is 0 Å². The highest BCUT2D eigenvalue weighted by Crippen LogP contribution is 2.26. The van der Waals surface area contributed by atoms with Gasteiger partial charge in [-0.1, -0.05) is 6.42 Å². The summed E-state index contributed by atoms with van der Waals surface area (Å²) in [5.74, 6) is 1.79. The molecule has 0 atom stereocenters. The lowest BCUT2D eigenvalue weighted by molar-refractivity contribution is 0.155. The molecule has 0 spiro atoms. The molecule has 2 aliphatic carbocycles. The van der Waals surface area contributed by atoms with E-state index in [2.05, 4.69) is 29.6 Å². The van der Waals surface area contributed by atoms with Gasteiger partial charge in [0.2, 0.25) is 0 Å². The summed E-state index contributed by atoms with van der Waals surface area (Å²) in [6.07, 6.45) is 11.7. The molecule has 22 heavy (non-hydrogen) atoms. The number of ether oxygens (including phenoxy) is 1. The van der Waals surface area contributed by atoms with E-state index in [0.29, 0.717) is 12.1 Å². The summed E-state index contributed by atoms with van der Waals surface area (Å²) in [4.78, 5) is 0. The van der Waals surface area contributed by atoms with Crippen LogP contribution in [-0.4, -0.2) is 18.7 Å². The van der Waals surface area contributed by atoms with Crippen molar-refractivity contribution in [3.05, 3.63) is 24.3 Å². The summed E-state index contributed by atoms with van der Waals surface area (Å²) in [5.41, 5.74) is 7.16. The van der Waals surface area contributed by atoms with Gasteiger partial charge in [0, 0.05) is 18.3 Å². The van der Waals surface area contributed by atoms with Gasteiger partial charge < -0.3 is 15.8 Å². The topological polar surface area (TPSA) is 47.3 Å². The standard InChI is InChI=1S/C19H30N2O/c20-16-8-6-15(7-9-16)14-21-17-10-12-19(13-11-17)22-18-4-2-1-3-5-18/h10-13,15-16,18,21H,1-9,14,20H2. The SMILES string of the molecule is NC1CCC(CNc2ccc(OC3CCCCC3)cc2)CC1. The summed E-state index contributed by atoms with van der Waals surface area (Å²) < 4.78 is 6.07. The first-order valence-electron chi connectivity index (χ1n) is 9.06. The lowest BCUT2D eigenvalue weighted by Gasteiger charge is -2.26. The van der Waals surface area contributed by atoms with Crippen LogP contribution in [0.15, 0.2) is 24.3 Å². The van der Waals surface area contributed by atoms with Gasteiger partial charge in [-0.3, -0.25) is 0 Å². The van der Waals surface area contributed by atoms with Crippen LogP contribution in [0, 0.1) is 5.92 Å². The highest BCUT2D eigenvalue weighted by atomic mass is 16.5. The van der Waals surface area contributed by atoms with Crippen molar-refractivity contribution in [1.29, 1.82) is 0 Å². The minimum absolute atomic E-state index is 0.430. The Hall–Kier alpha value is -1.22. The average Bonchev–Trinajstić information content (AvgIpc) is 2.57. The maximum Gasteiger partial charge on any atom is 0.119 e. The van der Waals surface area contributed by atoms with Crippen molar-refractivity contribution in [3.63, 3.8) is 0 Å². The zero-order valence-corrected chi connectivity index (χ0v) is 13.6. The highest BCUT2D eigenvalue weighted by molar-refractivity contribution is 5.46. The predicted octanol–water partition coefficient (Wildman–Crippen LogP) is 4.33. The molecule has 3 rings (SSSR count). The zero-order valence-electron chi connectivity index (χ0n) is 13.6. The van der Waals surface area contributed by atoms with Crippen LogP contribution in [0.3, 0.4) is 0 Å². The summed E-state index contributed by atoms with van der Waals surface area (Å²) in [6.45, 7) is 1.07. The third-order valence-electron chi connectivity index (χ3n) is 5.20. The fourth-order valence-electron chi connectivity index (χ4n) is 3.68. The molecule has 2 aliphatic rings. The second-order valence-electron chi connectivity index (χ2n) is 7.06. The summed E-state index contributed by atoms with van der Waals surface area (Å²) in [6, 6.07) is 8.94. The number of nitrogens with two attached hydrogens (primary N) is 1. The monoisotopic (exact) mass is 302 g/mol. The van der Waals surface area contributed by atoms with Gasteiger partial charge in [0.25, 0.3) is 0 Å². The summed E-state index contributed by atoms with van der Waals surface area (Å²) in [5, 5.41) is 3.56. The summed E-state index contributed by atoms with van der Waals surface area (Å²) >= 11 is 0. The van der Waals surface area contributed by atoms with Gasteiger partial charge in [-0.05, 0) is 81.5 Å². The van der Waals surface area contributed by atoms with E-state index in [4.69, 9.17) is 10.5 Å². The molecule has 0 radical (unpaired) electrons. The minimum atomic E-state index is 0.430.